The zero-order valence-electron chi connectivity index (χ0n) is 8.66. The maximum atomic E-state index is 5.21. The zero-order valence-corrected chi connectivity index (χ0v) is 8.66. The molecule has 0 aliphatic rings. The van der Waals surface area contributed by atoms with Crippen LogP contribution in [0.1, 0.15) is 25.5 Å². The summed E-state index contributed by atoms with van der Waals surface area (Å²) in [5.41, 5.74) is 0.797. The molecule has 0 aliphatic carbocycles. The Hall–Kier alpha value is -1.33. The van der Waals surface area contributed by atoms with Crippen LogP contribution in [0, 0.1) is 11.8 Å². The van der Waals surface area contributed by atoms with Crippen LogP contribution in [0.5, 0.6) is 0 Å². The van der Waals surface area contributed by atoms with Crippen LogP contribution in [-0.2, 0) is 4.74 Å². The topological polar surface area (TPSA) is 22.1 Å². The first-order chi connectivity index (χ1) is 6.86. The molecule has 0 fully saturated rings. The summed E-state index contributed by atoms with van der Waals surface area (Å²) >= 11 is 0. The molecule has 74 valence electrons. The standard InChI is InChI=1S/C12H15NO/c1-3-6-12(14-2)9-8-11-7-4-5-10-13-11/h4-5,7,10,12H,3,6H2,1-2H3/t12-/m0/s1. The number of methoxy groups -OCH3 is 1. The molecule has 0 bridgehead atoms. The first-order valence-corrected chi connectivity index (χ1v) is 4.82. The van der Waals surface area contributed by atoms with Crippen LogP contribution in [0.15, 0.2) is 24.4 Å². The van der Waals surface area contributed by atoms with E-state index in [0.717, 1.165) is 18.5 Å². The second kappa shape index (κ2) is 6.17. The van der Waals surface area contributed by atoms with Gasteiger partial charge in [0.05, 0.1) is 0 Å². The average Bonchev–Trinajstić information content (AvgIpc) is 2.25. The molecule has 2 nitrogen and oxygen atoms in total. The summed E-state index contributed by atoms with van der Waals surface area (Å²) in [5.74, 6) is 6.05. The van der Waals surface area contributed by atoms with Crippen molar-refractivity contribution in [3.05, 3.63) is 30.1 Å². The number of hydrogen-bond donors (Lipinski definition) is 0. The van der Waals surface area contributed by atoms with E-state index in [1.807, 2.05) is 18.2 Å². The first kappa shape index (κ1) is 10.7. The summed E-state index contributed by atoms with van der Waals surface area (Å²) < 4.78 is 5.21. The van der Waals surface area contributed by atoms with Crippen molar-refractivity contribution >= 4 is 0 Å². The molecule has 0 N–H and O–H groups in total. The van der Waals surface area contributed by atoms with E-state index >= 15 is 0 Å². The molecule has 0 spiro atoms. The molecular formula is C12H15NO. The van der Waals surface area contributed by atoms with Crippen molar-refractivity contribution in [3.8, 4) is 11.8 Å². The smallest absolute Gasteiger partial charge is 0.118 e. The lowest BCUT2D eigenvalue weighted by Gasteiger charge is -2.04. The zero-order chi connectivity index (χ0) is 10.2. The maximum Gasteiger partial charge on any atom is 0.118 e. The predicted molar refractivity (Wildman–Crippen MR) is 56.8 cm³/mol. The Balaban J connectivity index is 2.61. The van der Waals surface area contributed by atoms with Crippen LogP contribution < -0.4 is 0 Å². The van der Waals surface area contributed by atoms with Gasteiger partial charge < -0.3 is 4.74 Å². The molecular weight excluding hydrogens is 174 g/mol. The van der Waals surface area contributed by atoms with Crippen LogP contribution in [-0.4, -0.2) is 18.2 Å². The molecule has 1 heterocycles. The summed E-state index contributed by atoms with van der Waals surface area (Å²) in [5, 5.41) is 0. The average molecular weight is 189 g/mol. The van der Waals surface area contributed by atoms with E-state index in [0.29, 0.717) is 0 Å². The highest BCUT2D eigenvalue weighted by atomic mass is 16.5. The quantitative estimate of drug-likeness (QED) is 0.680. The van der Waals surface area contributed by atoms with Gasteiger partial charge in [0.1, 0.15) is 11.8 Å². The minimum Gasteiger partial charge on any atom is -0.369 e. The number of pyridine rings is 1. The van der Waals surface area contributed by atoms with E-state index in [9.17, 15) is 0 Å². The Labute approximate surface area is 85.3 Å². The lowest BCUT2D eigenvalue weighted by molar-refractivity contribution is 0.140. The highest BCUT2D eigenvalue weighted by Gasteiger charge is 1.99. The summed E-state index contributed by atoms with van der Waals surface area (Å²) in [7, 11) is 1.69. The molecule has 2 heteroatoms. The normalized spacial score (nSPS) is 11.6. The maximum absolute atomic E-state index is 5.21. The Morgan fingerprint density at radius 1 is 1.50 bits per heavy atom. The third kappa shape index (κ3) is 3.59. The molecule has 0 radical (unpaired) electrons. The second-order valence-electron chi connectivity index (χ2n) is 3.00. The molecule has 0 unspecified atom stereocenters. The third-order valence-corrected chi connectivity index (χ3v) is 1.86. The van der Waals surface area contributed by atoms with E-state index in [4.69, 9.17) is 4.74 Å². The van der Waals surface area contributed by atoms with Crippen molar-refractivity contribution < 1.29 is 4.74 Å². The lowest BCUT2D eigenvalue weighted by Crippen LogP contribution is -2.06. The Morgan fingerprint density at radius 2 is 2.36 bits per heavy atom. The Bertz CT molecular complexity index is 310. The van der Waals surface area contributed by atoms with Gasteiger partial charge in [-0.15, -0.1) is 0 Å². The van der Waals surface area contributed by atoms with Crippen molar-refractivity contribution in [2.24, 2.45) is 0 Å². The molecule has 0 saturated carbocycles. The van der Waals surface area contributed by atoms with Gasteiger partial charge in [0.25, 0.3) is 0 Å². The molecule has 0 aromatic carbocycles. The van der Waals surface area contributed by atoms with Gasteiger partial charge in [-0.25, -0.2) is 4.98 Å². The SMILES string of the molecule is CCC[C@@H](C#Cc1ccccn1)OC. The molecule has 1 atom stereocenters. The van der Waals surface area contributed by atoms with Crippen molar-refractivity contribution in [1.82, 2.24) is 4.98 Å². The van der Waals surface area contributed by atoms with E-state index in [2.05, 4.69) is 23.7 Å². The van der Waals surface area contributed by atoms with Gasteiger partial charge in [-0.2, -0.15) is 0 Å². The van der Waals surface area contributed by atoms with Crippen molar-refractivity contribution in [2.75, 3.05) is 7.11 Å². The van der Waals surface area contributed by atoms with Crippen LogP contribution in [0.2, 0.25) is 0 Å². The van der Waals surface area contributed by atoms with Crippen LogP contribution in [0.25, 0.3) is 0 Å². The lowest BCUT2D eigenvalue weighted by atomic mass is 10.2. The van der Waals surface area contributed by atoms with Gasteiger partial charge >= 0.3 is 0 Å². The molecule has 0 amide bonds. The van der Waals surface area contributed by atoms with Gasteiger partial charge in [-0.05, 0) is 24.5 Å². The first-order valence-electron chi connectivity index (χ1n) is 4.82. The Kier molecular flexibility index (Phi) is 4.74. The van der Waals surface area contributed by atoms with Gasteiger partial charge in [-0.1, -0.05) is 25.3 Å². The minimum absolute atomic E-state index is 0.0296. The highest BCUT2D eigenvalue weighted by Crippen LogP contribution is 1.99. The summed E-state index contributed by atoms with van der Waals surface area (Å²) in [6.45, 7) is 2.12. The second-order valence-corrected chi connectivity index (χ2v) is 3.00. The fourth-order valence-electron chi connectivity index (χ4n) is 1.10. The van der Waals surface area contributed by atoms with Gasteiger partial charge in [0.15, 0.2) is 0 Å². The number of hydrogen-bond acceptors (Lipinski definition) is 2. The minimum atomic E-state index is 0.0296. The highest BCUT2D eigenvalue weighted by molar-refractivity contribution is 5.27. The largest absolute Gasteiger partial charge is 0.369 e. The number of aromatic nitrogens is 1. The molecule has 0 aliphatic heterocycles. The van der Waals surface area contributed by atoms with Gasteiger partial charge in [-0.3, -0.25) is 0 Å². The third-order valence-electron chi connectivity index (χ3n) is 1.86. The summed E-state index contributed by atoms with van der Waals surface area (Å²) in [4.78, 5) is 4.12. The van der Waals surface area contributed by atoms with Crippen LogP contribution in [0.4, 0.5) is 0 Å². The monoisotopic (exact) mass is 189 g/mol. The fourth-order valence-corrected chi connectivity index (χ4v) is 1.10. The van der Waals surface area contributed by atoms with Crippen LogP contribution >= 0.6 is 0 Å². The van der Waals surface area contributed by atoms with E-state index < -0.39 is 0 Å². The molecule has 14 heavy (non-hydrogen) atoms. The van der Waals surface area contributed by atoms with Crippen molar-refractivity contribution in [2.45, 2.75) is 25.9 Å². The Morgan fingerprint density at radius 3 is 2.93 bits per heavy atom. The van der Waals surface area contributed by atoms with E-state index in [1.165, 1.54) is 0 Å². The van der Waals surface area contributed by atoms with E-state index in [-0.39, 0.29) is 6.10 Å². The number of nitrogens with zero attached hydrogens (tertiary/aromatic N) is 1. The molecule has 1 aromatic rings. The van der Waals surface area contributed by atoms with E-state index in [1.54, 1.807) is 13.3 Å². The summed E-state index contributed by atoms with van der Waals surface area (Å²) in [6.07, 6.45) is 3.82. The molecule has 1 rings (SSSR count). The van der Waals surface area contributed by atoms with Crippen molar-refractivity contribution in [3.63, 3.8) is 0 Å². The van der Waals surface area contributed by atoms with Gasteiger partial charge in [0, 0.05) is 13.3 Å². The van der Waals surface area contributed by atoms with Crippen LogP contribution in [0.3, 0.4) is 0 Å². The predicted octanol–water partition coefficient (Wildman–Crippen LogP) is 2.25. The number of ether oxygens (including phenoxy) is 1. The van der Waals surface area contributed by atoms with Crippen molar-refractivity contribution in [1.29, 1.82) is 0 Å². The molecule has 0 saturated heterocycles. The van der Waals surface area contributed by atoms with Gasteiger partial charge in [0.2, 0.25) is 0 Å². The summed E-state index contributed by atoms with van der Waals surface area (Å²) in [6, 6.07) is 5.70. The fraction of sp³-hybridized carbons (Fsp3) is 0.417. The molecule has 1 aromatic heterocycles. The number of rotatable bonds is 3.